The maximum Gasteiger partial charge on any atom is 0.161 e. The zero-order chi connectivity index (χ0) is 34.2. The first-order valence-electron chi connectivity index (χ1n) is 16.7. The Balaban J connectivity index is 1.57. The van der Waals surface area contributed by atoms with Gasteiger partial charge < -0.3 is 4.98 Å². The highest BCUT2D eigenvalue weighted by molar-refractivity contribution is 14.1. The number of benzene rings is 2. The highest BCUT2D eigenvalue weighted by Crippen LogP contribution is 2.36. The van der Waals surface area contributed by atoms with E-state index in [1.54, 1.807) is 0 Å². The number of halogens is 1. The van der Waals surface area contributed by atoms with Crippen LogP contribution in [0.25, 0.3) is 11.1 Å². The van der Waals surface area contributed by atoms with Gasteiger partial charge in [0.05, 0.1) is 28.9 Å². The summed E-state index contributed by atoms with van der Waals surface area (Å²) in [5.74, 6) is 0.153. The van der Waals surface area contributed by atoms with E-state index >= 15 is 0 Å². The molecule has 5 heterocycles. The van der Waals surface area contributed by atoms with Crippen molar-refractivity contribution in [3.05, 3.63) is 139 Å². The molecule has 2 atom stereocenters. The molecule has 244 valence electrons. The number of nitrogens with zero attached hydrogens (tertiary/aromatic N) is 2. The van der Waals surface area contributed by atoms with E-state index in [-0.39, 0.29) is 22.7 Å². The molecule has 8 bridgehead atoms. The summed E-state index contributed by atoms with van der Waals surface area (Å²) in [7, 11) is 0. The number of hydrogen-bond acceptors (Lipinski definition) is 4. The number of hydrogen-bond donors (Lipinski definition) is 2. The molecular formula is C42H43IN4O. The van der Waals surface area contributed by atoms with Crippen molar-refractivity contribution < 1.29 is 4.79 Å². The number of rotatable bonds is 2. The summed E-state index contributed by atoms with van der Waals surface area (Å²) in [6.45, 7) is 17.7. The average Bonchev–Trinajstić information content (AvgIpc) is 3.81. The number of fused-ring (bicyclic) bond motifs is 6. The number of carbonyl (C=O) groups excluding carboxylic acids is 1. The van der Waals surface area contributed by atoms with Crippen LogP contribution in [0.15, 0.2) is 112 Å². The Kier molecular flexibility index (Phi) is 7.91. The molecule has 0 aliphatic carbocycles. The molecule has 7 rings (SSSR count). The van der Waals surface area contributed by atoms with Crippen LogP contribution in [0.3, 0.4) is 0 Å². The SMILES string of the molecule is CC(C)(C)c1cc(/C2=c3\cc/c([nH]3)=C(\c3ccc(I)cc3)C3=N/C(=C\C4NC(/C=C5/C=CC2=N5)C(C)(C)C4=O)C=C3)cc(C(C)(C)C)c1. The van der Waals surface area contributed by atoms with E-state index in [1.165, 1.54) is 14.7 Å². The lowest BCUT2D eigenvalue weighted by molar-refractivity contribution is -0.124. The smallest absolute Gasteiger partial charge is 0.161 e. The van der Waals surface area contributed by atoms with Crippen molar-refractivity contribution in [1.29, 1.82) is 0 Å². The van der Waals surface area contributed by atoms with Crippen LogP contribution in [0.1, 0.15) is 77.6 Å². The Bertz CT molecular complexity index is 2140. The molecule has 4 aliphatic heterocycles. The topological polar surface area (TPSA) is 69.6 Å². The van der Waals surface area contributed by atoms with Crippen molar-refractivity contribution in [3.63, 3.8) is 0 Å². The molecule has 1 aromatic heterocycles. The first-order valence-corrected chi connectivity index (χ1v) is 17.8. The molecule has 2 N–H and O–H groups in total. The van der Waals surface area contributed by atoms with Crippen LogP contribution in [0.2, 0.25) is 0 Å². The highest BCUT2D eigenvalue weighted by Gasteiger charge is 2.46. The standard InChI is InChI=1S/C42H43IN4O/c1-40(2,3)26-19-25(20-27(21-26)41(4,5)6)38-32-16-14-30(45-32)23-36-42(7,8)39(48)35(47-36)22-29-13-15-31(44-29)37(33-17-18-34(38)46-33)24-9-11-28(43)12-10-24/h9-23,35-36,46-47H,1-8H3/b29-22-,30-23-,37-33-,38-34-. The molecule has 1 fully saturated rings. The first-order chi connectivity index (χ1) is 22.6. The largest absolute Gasteiger partial charge is 0.354 e. The van der Waals surface area contributed by atoms with Crippen LogP contribution in [-0.2, 0) is 15.6 Å². The number of ketones is 1. The number of aliphatic imine (C=N–C) groups is 2. The number of aromatic amines is 1. The van der Waals surface area contributed by atoms with Gasteiger partial charge in [-0.05, 0) is 116 Å². The predicted octanol–water partition coefficient (Wildman–Crippen LogP) is 7.35. The Morgan fingerprint density at radius 1 is 0.688 bits per heavy atom. The van der Waals surface area contributed by atoms with E-state index in [0.29, 0.717) is 0 Å². The number of H-pyrrole nitrogens is 1. The Labute approximate surface area is 297 Å². The Morgan fingerprint density at radius 2 is 1.21 bits per heavy atom. The molecule has 0 saturated carbocycles. The molecule has 6 heteroatoms. The van der Waals surface area contributed by atoms with Gasteiger partial charge in [0, 0.05) is 36.9 Å². The van der Waals surface area contributed by atoms with Gasteiger partial charge in [-0.1, -0.05) is 85.7 Å². The van der Waals surface area contributed by atoms with Crippen LogP contribution in [0.4, 0.5) is 0 Å². The maximum atomic E-state index is 13.7. The number of carbonyl (C=O) groups is 1. The second-order valence-corrected chi connectivity index (χ2v) is 17.1. The summed E-state index contributed by atoms with van der Waals surface area (Å²) < 4.78 is 1.17. The second kappa shape index (κ2) is 11.6. The number of allylic oxidation sites excluding steroid dienone is 4. The van der Waals surface area contributed by atoms with E-state index < -0.39 is 11.5 Å². The van der Waals surface area contributed by atoms with Gasteiger partial charge in [-0.2, -0.15) is 0 Å². The minimum Gasteiger partial charge on any atom is -0.354 e. The molecule has 3 aromatic rings. The van der Waals surface area contributed by atoms with Crippen molar-refractivity contribution >= 4 is 50.9 Å². The minimum atomic E-state index is -0.606. The van der Waals surface area contributed by atoms with E-state index in [4.69, 9.17) is 9.98 Å². The quantitative estimate of drug-likeness (QED) is 0.270. The third-order valence-electron chi connectivity index (χ3n) is 9.88. The van der Waals surface area contributed by atoms with E-state index in [1.807, 2.05) is 26.0 Å². The van der Waals surface area contributed by atoms with E-state index in [9.17, 15) is 4.79 Å². The third kappa shape index (κ3) is 5.98. The lowest BCUT2D eigenvalue weighted by Crippen LogP contribution is -2.33. The van der Waals surface area contributed by atoms with Crippen molar-refractivity contribution in [2.45, 2.75) is 78.3 Å². The highest BCUT2D eigenvalue weighted by atomic mass is 127. The van der Waals surface area contributed by atoms with Crippen LogP contribution in [0.5, 0.6) is 0 Å². The zero-order valence-electron chi connectivity index (χ0n) is 29.0. The van der Waals surface area contributed by atoms with Gasteiger partial charge in [-0.3, -0.25) is 10.1 Å². The molecule has 48 heavy (non-hydrogen) atoms. The van der Waals surface area contributed by atoms with Gasteiger partial charge in [-0.25, -0.2) is 9.98 Å². The molecule has 0 radical (unpaired) electrons. The van der Waals surface area contributed by atoms with Crippen LogP contribution in [-0.4, -0.2) is 34.3 Å². The average molecular weight is 747 g/mol. The molecule has 0 spiro atoms. The van der Waals surface area contributed by atoms with Crippen LogP contribution in [0, 0.1) is 8.99 Å². The molecule has 4 aliphatic rings. The molecule has 0 amide bonds. The van der Waals surface area contributed by atoms with Gasteiger partial charge in [-0.15, -0.1) is 0 Å². The minimum absolute atomic E-state index is 0.0408. The Hall–Kier alpha value is -3.88. The molecular weight excluding hydrogens is 703 g/mol. The van der Waals surface area contributed by atoms with Crippen molar-refractivity contribution in [3.8, 4) is 0 Å². The summed E-state index contributed by atoms with van der Waals surface area (Å²) >= 11 is 2.34. The fourth-order valence-corrected chi connectivity index (χ4v) is 7.16. The second-order valence-electron chi connectivity index (χ2n) is 15.9. The number of nitrogens with one attached hydrogen (secondary N) is 2. The molecule has 2 unspecified atom stereocenters. The monoisotopic (exact) mass is 746 g/mol. The summed E-state index contributed by atoms with van der Waals surface area (Å²) in [4.78, 5) is 27.9. The van der Waals surface area contributed by atoms with Crippen molar-refractivity contribution in [2.24, 2.45) is 15.4 Å². The van der Waals surface area contributed by atoms with Gasteiger partial charge in [0.25, 0.3) is 0 Å². The summed E-state index contributed by atoms with van der Waals surface area (Å²) in [5.41, 5.74) is 9.51. The summed E-state index contributed by atoms with van der Waals surface area (Å²) in [6, 6.07) is 19.3. The normalized spacial score (nSPS) is 26.2. The Morgan fingerprint density at radius 3 is 1.75 bits per heavy atom. The third-order valence-corrected chi connectivity index (χ3v) is 10.6. The first kappa shape index (κ1) is 32.7. The van der Waals surface area contributed by atoms with Gasteiger partial charge in [0.15, 0.2) is 5.78 Å². The summed E-state index contributed by atoms with van der Waals surface area (Å²) in [5, 5.41) is 5.55. The van der Waals surface area contributed by atoms with Crippen LogP contribution >= 0.6 is 22.6 Å². The van der Waals surface area contributed by atoms with Crippen molar-refractivity contribution in [2.75, 3.05) is 0 Å². The van der Waals surface area contributed by atoms with E-state index in [2.05, 4.69) is 153 Å². The van der Waals surface area contributed by atoms with Crippen LogP contribution < -0.4 is 16.0 Å². The fourth-order valence-electron chi connectivity index (χ4n) is 6.80. The van der Waals surface area contributed by atoms with Gasteiger partial charge >= 0.3 is 0 Å². The van der Waals surface area contributed by atoms with Gasteiger partial charge in [0.2, 0.25) is 0 Å². The van der Waals surface area contributed by atoms with Gasteiger partial charge in [0.1, 0.15) is 0 Å². The molecule has 5 nitrogen and oxygen atoms in total. The van der Waals surface area contributed by atoms with E-state index in [0.717, 1.165) is 55.8 Å². The molecule has 1 saturated heterocycles. The number of Topliss-reactive ketones (excluding diaryl/α,β-unsaturated/α-hetero) is 1. The lowest BCUT2D eigenvalue weighted by atomic mass is 9.78. The zero-order valence-corrected chi connectivity index (χ0v) is 31.2. The summed E-state index contributed by atoms with van der Waals surface area (Å²) in [6.07, 6.45) is 12.3. The lowest BCUT2D eigenvalue weighted by Gasteiger charge is -2.26. The van der Waals surface area contributed by atoms with Crippen molar-refractivity contribution in [1.82, 2.24) is 10.3 Å². The maximum absolute atomic E-state index is 13.7. The molecule has 2 aromatic carbocycles. The fraction of sp³-hybridized carbons (Fsp3) is 0.310. The number of aromatic nitrogens is 1. The predicted molar refractivity (Wildman–Crippen MR) is 207 cm³/mol.